The molecule has 2 aromatic carbocycles. The average Bonchev–Trinajstić information content (AvgIpc) is 3.03. The van der Waals surface area contributed by atoms with E-state index in [1.165, 1.54) is 24.7 Å². The van der Waals surface area contributed by atoms with Crippen molar-refractivity contribution in [3.05, 3.63) is 65.5 Å². The third-order valence-corrected chi connectivity index (χ3v) is 4.67. The van der Waals surface area contributed by atoms with Crippen molar-refractivity contribution in [3.63, 3.8) is 0 Å². The van der Waals surface area contributed by atoms with Crippen molar-refractivity contribution in [3.8, 4) is 0 Å². The number of benzene rings is 2. The van der Waals surface area contributed by atoms with Gasteiger partial charge in [-0.2, -0.15) is 0 Å². The van der Waals surface area contributed by atoms with Gasteiger partial charge in [0.15, 0.2) is 0 Å². The van der Waals surface area contributed by atoms with E-state index in [1.807, 2.05) is 12.4 Å². The highest BCUT2D eigenvalue weighted by Gasteiger charge is 2.22. The van der Waals surface area contributed by atoms with Crippen molar-refractivity contribution in [2.75, 3.05) is 7.11 Å². The summed E-state index contributed by atoms with van der Waals surface area (Å²) in [6, 6.07) is 14.5. The van der Waals surface area contributed by atoms with E-state index < -0.39 is 0 Å². The maximum Gasteiger partial charge on any atom is 0.337 e. The van der Waals surface area contributed by atoms with Crippen LogP contribution in [0.2, 0.25) is 0 Å². The Bertz CT molecular complexity index is 882. The van der Waals surface area contributed by atoms with Crippen molar-refractivity contribution < 1.29 is 9.53 Å². The van der Waals surface area contributed by atoms with Crippen LogP contribution in [0.3, 0.4) is 0 Å². The van der Waals surface area contributed by atoms with Gasteiger partial charge in [0.05, 0.1) is 36.1 Å². The standard InChI is InChI=1S/C19H18N2O2/c1-23-19(22)14-9-10-18-16(11-14)20-12-21(18)17-8-4-6-13-5-2-3-7-15(13)17/h2-3,5,7,9-12,17H,4,6,8H2,1H3. The minimum Gasteiger partial charge on any atom is -0.465 e. The molecule has 0 radical (unpaired) electrons. The highest BCUT2D eigenvalue weighted by atomic mass is 16.5. The molecule has 0 N–H and O–H groups in total. The predicted octanol–water partition coefficient (Wildman–Crippen LogP) is 3.75. The molecule has 4 rings (SSSR count). The summed E-state index contributed by atoms with van der Waals surface area (Å²) in [6.45, 7) is 0. The number of imidazole rings is 1. The second-order valence-electron chi connectivity index (χ2n) is 5.95. The minimum absolute atomic E-state index is 0.314. The molecular formula is C19H18N2O2. The van der Waals surface area contributed by atoms with E-state index >= 15 is 0 Å². The molecule has 0 bridgehead atoms. The molecule has 1 atom stereocenters. The summed E-state index contributed by atoms with van der Waals surface area (Å²) in [6.07, 6.45) is 5.33. The van der Waals surface area contributed by atoms with Gasteiger partial charge in [0.25, 0.3) is 0 Å². The second-order valence-corrected chi connectivity index (χ2v) is 5.95. The Balaban J connectivity index is 1.80. The molecule has 3 aromatic rings. The largest absolute Gasteiger partial charge is 0.465 e. The summed E-state index contributed by atoms with van der Waals surface area (Å²) in [4.78, 5) is 16.2. The normalized spacial score (nSPS) is 17.0. The number of hydrogen-bond acceptors (Lipinski definition) is 3. The minimum atomic E-state index is -0.329. The molecule has 1 unspecified atom stereocenters. The molecule has 0 amide bonds. The average molecular weight is 306 g/mol. The lowest BCUT2D eigenvalue weighted by molar-refractivity contribution is 0.0601. The molecule has 1 aliphatic rings. The van der Waals surface area contributed by atoms with Crippen LogP contribution in [-0.2, 0) is 11.2 Å². The number of ether oxygens (including phenoxy) is 1. The number of carbonyl (C=O) groups is 1. The monoisotopic (exact) mass is 306 g/mol. The second kappa shape index (κ2) is 5.54. The molecule has 4 heteroatoms. The third kappa shape index (κ3) is 2.31. The molecule has 116 valence electrons. The Morgan fingerprint density at radius 3 is 3.00 bits per heavy atom. The van der Waals surface area contributed by atoms with Crippen LogP contribution < -0.4 is 0 Å². The SMILES string of the molecule is COC(=O)c1ccc2c(c1)ncn2C1CCCc2ccccc21. The van der Waals surface area contributed by atoms with Crippen LogP contribution in [0.1, 0.15) is 40.4 Å². The molecular weight excluding hydrogens is 288 g/mol. The Morgan fingerprint density at radius 1 is 1.26 bits per heavy atom. The molecule has 1 aromatic heterocycles. The highest BCUT2D eigenvalue weighted by molar-refractivity contribution is 5.93. The first-order valence-electron chi connectivity index (χ1n) is 7.90. The number of methoxy groups -OCH3 is 1. The molecule has 0 saturated carbocycles. The van der Waals surface area contributed by atoms with Crippen LogP contribution in [0, 0.1) is 0 Å². The maximum atomic E-state index is 11.7. The number of hydrogen-bond donors (Lipinski definition) is 0. The van der Waals surface area contributed by atoms with Gasteiger partial charge in [0, 0.05) is 0 Å². The van der Waals surface area contributed by atoms with E-state index in [0.717, 1.165) is 23.9 Å². The lowest BCUT2D eigenvalue weighted by Crippen LogP contribution is -2.16. The quantitative estimate of drug-likeness (QED) is 0.677. The van der Waals surface area contributed by atoms with Gasteiger partial charge in [-0.3, -0.25) is 0 Å². The van der Waals surface area contributed by atoms with E-state index in [4.69, 9.17) is 4.74 Å². The van der Waals surface area contributed by atoms with Crippen molar-refractivity contribution >= 4 is 17.0 Å². The van der Waals surface area contributed by atoms with E-state index in [1.54, 1.807) is 12.1 Å². The van der Waals surface area contributed by atoms with Crippen LogP contribution in [0.25, 0.3) is 11.0 Å². The summed E-state index contributed by atoms with van der Waals surface area (Å²) in [7, 11) is 1.39. The van der Waals surface area contributed by atoms with Crippen molar-refractivity contribution in [2.24, 2.45) is 0 Å². The molecule has 0 aliphatic heterocycles. The Kier molecular flexibility index (Phi) is 3.37. The Labute approximate surface area is 134 Å². The Morgan fingerprint density at radius 2 is 2.13 bits per heavy atom. The predicted molar refractivity (Wildman–Crippen MR) is 88.6 cm³/mol. The van der Waals surface area contributed by atoms with Crippen molar-refractivity contribution in [2.45, 2.75) is 25.3 Å². The summed E-state index contributed by atoms with van der Waals surface area (Å²) in [5.41, 5.74) is 5.23. The van der Waals surface area contributed by atoms with Gasteiger partial charge in [-0.25, -0.2) is 9.78 Å². The van der Waals surface area contributed by atoms with Gasteiger partial charge in [-0.1, -0.05) is 24.3 Å². The fourth-order valence-corrected chi connectivity index (χ4v) is 3.54. The van der Waals surface area contributed by atoms with Gasteiger partial charge in [0.2, 0.25) is 0 Å². The summed E-state index contributed by atoms with van der Waals surface area (Å²) in [5.74, 6) is -0.329. The lowest BCUT2D eigenvalue weighted by Gasteiger charge is -2.27. The molecule has 23 heavy (non-hydrogen) atoms. The number of aromatic nitrogens is 2. The number of carbonyl (C=O) groups excluding carboxylic acids is 1. The summed E-state index contributed by atoms with van der Waals surface area (Å²) < 4.78 is 7.01. The molecule has 1 heterocycles. The van der Waals surface area contributed by atoms with Gasteiger partial charge >= 0.3 is 5.97 Å². The van der Waals surface area contributed by atoms with E-state index in [2.05, 4.69) is 33.8 Å². The zero-order valence-corrected chi connectivity index (χ0v) is 13.0. The van der Waals surface area contributed by atoms with Gasteiger partial charge in [0.1, 0.15) is 0 Å². The zero-order valence-electron chi connectivity index (χ0n) is 13.0. The fourth-order valence-electron chi connectivity index (χ4n) is 3.54. The van der Waals surface area contributed by atoms with E-state index in [0.29, 0.717) is 11.6 Å². The number of nitrogens with zero attached hydrogens (tertiary/aromatic N) is 2. The molecule has 0 spiro atoms. The lowest BCUT2D eigenvalue weighted by atomic mass is 9.87. The van der Waals surface area contributed by atoms with E-state index in [-0.39, 0.29) is 5.97 Å². The summed E-state index contributed by atoms with van der Waals surface area (Å²) in [5, 5.41) is 0. The first-order chi connectivity index (χ1) is 11.3. The number of aryl methyl sites for hydroxylation is 1. The van der Waals surface area contributed by atoms with E-state index in [9.17, 15) is 4.79 Å². The third-order valence-electron chi connectivity index (χ3n) is 4.67. The molecule has 0 saturated heterocycles. The molecule has 1 aliphatic carbocycles. The fraction of sp³-hybridized carbons (Fsp3) is 0.263. The smallest absolute Gasteiger partial charge is 0.337 e. The van der Waals surface area contributed by atoms with Gasteiger partial charge in [-0.15, -0.1) is 0 Å². The number of fused-ring (bicyclic) bond motifs is 2. The Hall–Kier alpha value is -2.62. The maximum absolute atomic E-state index is 11.7. The molecule has 0 fully saturated rings. The van der Waals surface area contributed by atoms with Crippen LogP contribution in [-0.4, -0.2) is 22.6 Å². The first kappa shape index (κ1) is 14.0. The van der Waals surface area contributed by atoms with Gasteiger partial charge < -0.3 is 9.30 Å². The summed E-state index contributed by atoms with van der Waals surface area (Å²) >= 11 is 0. The van der Waals surface area contributed by atoms with Crippen LogP contribution in [0.4, 0.5) is 0 Å². The number of rotatable bonds is 2. The topological polar surface area (TPSA) is 44.1 Å². The van der Waals surface area contributed by atoms with Crippen LogP contribution in [0.15, 0.2) is 48.8 Å². The van der Waals surface area contributed by atoms with Crippen molar-refractivity contribution in [1.29, 1.82) is 0 Å². The van der Waals surface area contributed by atoms with Gasteiger partial charge in [-0.05, 0) is 48.6 Å². The first-order valence-corrected chi connectivity index (χ1v) is 7.90. The van der Waals surface area contributed by atoms with Crippen LogP contribution >= 0.6 is 0 Å². The van der Waals surface area contributed by atoms with Crippen molar-refractivity contribution in [1.82, 2.24) is 9.55 Å². The molecule has 4 nitrogen and oxygen atoms in total. The zero-order chi connectivity index (χ0) is 15.8. The highest BCUT2D eigenvalue weighted by Crippen LogP contribution is 2.34. The number of esters is 1. The van der Waals surface area contributed by atoms with Crippen LogP contribution in [0.5, 0.6) is 0 Å².